The topological polar surface area (TPSA) is 47.8 Å². The summed E-state index contributed by atoms with van der Waals surface area (Å²) in [5.41, 5.74) is 3.83. The van der Waals surface area contributed by atoms with Crippen molar-refractivity contribution in [1.29, 1.82) is 0 Å². The Kier molecular flexibility index (Phi) is 4.13. The molecule has 0 saturated heterocycles. The van der Waals surface area contributed by atoms with Gasteiger partial charge in [0.25, 0.3) is 0 Å². The fourth-order valence-electron chi connectivity index (χ4n) is 2.82. The molecule has 0 aliphatic heterocycles. The van der Waals surface area contributed by atoms with Crippen molar-refractivity contribution in [1.82, 2.24) is 15.0 Å². The fraction of sp³-hybridized carbons (Fsp3) is 0.471. The van der Waals surface area contributed by atoms with Gasteiger partial charge >= 0.3 is 0 Å². The van der Waals surface area contributed by atoms with Gasteiger partial charge in [0, 0.05) is 5.92 Å². The molecule has 2 aromatic rings. The van der Waals surface area contributed by atoms with Crippen LogP contribution in [0.5, 0.6) is 0 Å². The van der Waals surface area contributed by atoms with Crippen molar-refractivity contribution in [3.05, 3.63) is 41.2 Å². The Labute approximate surface area is 125 Å². The summed E-state index contributed by atoms with van der Waals surface area (Å²) in [6, 6.07) is 8.46. The zero-order valence-electron chi connectivity index (χ0n) is 12.5. The Hall–Kier alpha value is -1.97. The summed E-state index contributed by atoms with van der Waals surface area (Å²) in [6.45, 7) is 2.20. The van der Waals surface area contributed by atoms with E-state index >= 15 is 0 Å². The maximum atomic E-state index is 11.2. The second-order valence-electron chi connectivity index (χ2n) is 5.79. The van der Waals surface area contributed by atoms with E-state index in [9.17, 15) is 4.79 Å². The normalized spacial score (nSPS) is 14.9. The van der Waals surface area contributed by atoms with Gasteiger partial charge in [-0.25, -0.2) is 4.68 Å². The van der Waals surface area contributed by atoms with E-state index in [1.54, 1.807) is 0 Å². The first-order valence-corrected chi connectivity index (χ1v) is 7.83. The molecule has 1 aliphatic carbocycles. The Balaban J connectivity index is 1.89. The number of hydrogen-bond acceptors (Lipinski definition) is 3. The van der Waals surface area contributed by atoms with E-state index in [0.29, 0.717) is 11.6 Å². The summed E-state index contributed by atoms with van der Waals surface area (Å²) in [7, 11) is 0. The van der Waals surface area contributed by atoms with Crippen LogP contribution >= 0.6 is 0 Å². The highest BCUT2D eigenvalue weighted by atomic mass is 16.1. The van der Waals surface area contributed by atoms with E-state index in [2.05, 4.69) is 41.5 Å². The number of unbranched alkanes of at least 4 members (excludes halogenated alkanes) is 1. The minimum absolute atomic E-state index is 0.431. The quantitative estimate of drug-likeness (QED) is 0.760. The van der Waals surface area contributed by atoms with Gasteiger partial charge in [-0.15, -0.1) is 5.10 Å². The molecule has 21 heavy (non-hydrogen) atoms. The summed E-state index contributed by atoms with van der Waals surface area (Å²) in [5, 5.41) is 8.22. The van der Waals surface area contributed by atoms with Crippen LogP contribution in [-0.2, 0) is 6.42 Å². The number of carbonyl (C=O) groups excluding carboxylic acids is 1. The predicted octanol–water partition coefficient (Wildman–Crippen LogP) is 3.69. The third-order valence-electron chi connectivity index (χ3n) is 4.34. The van der Waals surface area contributed by atoms with Gasteiger partial charge in [0.05, 0.1) is 11.4 Å². The standard InChI is InChI=1S/C17H21N3O/c1-2-3-5-13-8-10-15(11-9-13)20-17(14-6-4-7-14)16(12-21)18-19-20/h8-12,14H,2-7H2,1H3. The number of aryl methyl sites for hydroxylation is 1. The molecule has 0 radical (unpaired) electrons. The molecule has 0 amide bonds. The van der Waals surface area contributed by atoms with Gasteiger partial charge < -0.3 is 0 Å². The van der Waals surface area contributed by atoms with Crippen LogP contribution in [0.3, 0.4) is 0 Å². The molecule has 110 valence electrons. The lowest BCUT2D eigenvalue weighted by Gasteiger charge is -2.26. The summed E-state index contributed by atoms with van der Waals surface area (Å²) < 4.78 is 1.84. The molecule has 1 heterocycles. The lowest BCUT2D eigenvalue weighted by molar-refractivity contribution is 0.111. The number of hydrogen-bond donors (Lipinski definition) is 0. The van der Waals surface area contributed by atoms with Crippen LogP contribution in [0, 0.1) is 0 Å². The molecule has 1 aliphatic rings. The average molecular weight is 283 g/mol. The molecule has 1 aromatic carbocycles. The predicted molar refractivity (Wildman–Crippen MR) is 82.0 cm³/mol. The first kappa shape index (κ1) is 14.0. The van der Waals surface area contributed by atoms with Crippen molar-refractivity contribution < 1.29 is 4.79 Å². The van der Waals surface area contributed by atoms with Crippen LogP contribution in [0.25, 0.3) is 5.69 Å². The molecule has 1 saturated carbocycles. The van der Waals surface area contributed by atoms with Gasteiger partial charge in [-0.05, 0) is 43.4 Å². The lowest BCUT2D eigenvalue weighted by atomic mass is 9.82. The summed E-state index contributed by atoms with van der Waals surface area (Å²) in [5.74, 6) is 0.431. The van der Waals surface area contributed by atoms with Gasteiger partial charge in [-0.1, -0.05) is 37.1 Å². The van der Waals surface area contributed by atoms with Crippen LogP contribution in [0.15, 0.2) is 24.3 Å². The van der Waals surface area contributed by atoms with E-state index in [0.717, 1.165) is 36.9 Å². The highest BCUT2D eigenvalue weighted by Crippen LogP contribution is 2.37. The monoisotopic (exact) mass is 283 g/mol. The zero-order chi connectivity index (χ0) is 14.7. The Bertz CT molecular complexity index is 611. The first-order chi connectivity index (χ1) is 10.3. The second kappa shape index (κ2) is 6.20. The van der Waals surface area contributed by atoms with Crippen LogP contribution in [0.2, 0.25) is 0 Å². The molecule has 4 nitrogen and oxygen atoms in total. The molecule has 0 unspecified atom stereocenters. The average Bonchev–Trinajstić information content (AvgIpc) is 2.87. The van der Waals surface area contributed by atoms with E-state index < -0.39 is 0 Å². The molecule has 0 spiro atoms. The van der Waals surface area contributed by atoms with E-state index in [1.807, 2.05) is 4.68 Å². The van der Waals surface area contributed by atoms with E-state index in [-0.39, 0.29) is 0 Å². The van der Waals surface area contributed by atoms with Crippen molar-refractivity contribution in [2.45, 2.75) is 51.4 Å². The smallest absolute Gasteiger partial charge is 0.172 e. The maximum Gasteiger partial charge on any atom is 0.172 e. The zero-order valence-corrected chi connectivity index (χ0v) is 12.5. The Morgan fingerprint density at radius 2 is 2.05 bits per heavy atom. The SMILES string of the molecule is CCCCc1ccc(-n2nnc(C=O)c2C2CCC2)cc1. The highest BCUT2D eigenvalue weighted by Gasteiger charge is 2.28. The fourth-order valence-corrected chi connectivity index (χ4v) is 2.82. The van der Waals surface area contributed by atoms with Crippen LogP contribution in [0.1, 0.15) is 66.7 Å². The third kappa shape index (κ3) is 2.75. The number of benzene rings is 1. The van der Waals surface area contributed by atoms with Crippen molar-refractivity contribution in [3.8, 4) is 5.69 Å². The molecule has 0 bridgehead atoms. The van der Waals surface area contributed by atoms with Crippen molar-refractivity contribution in [2.75, 3.05) is 0 Å². The molecule has 1 fully saturated rings. The van der Waals surface area contributed by atoms with Crippen molar-refractivity contribution in [2.24, 2.45) is 0 Å². The maximum absolute atomic E-state index is 11.2. The first-order valence-electron chi connectivity index (χ1n) is 7.83. The third-order valence-corrected chi connectivity index (χ3v) is 4.34. The van der Waals surface area contributed by atoms with Crippen LogP contribution in [0.4, 0.5) is 0 Å². The molecular formula is C17H21N3O. The van der Waals surface area contributed by atoms with Gasteiger partial charge in [-0.2, -0.15) is 0 Å². The summed E-state index contributed by atoms with van der Waals surface area (Å²) in [6.07, 6.45) is 7.84. The van der Waals surface area contributed by atoms with E-state index in [1.165, 1.54) is 24.8 Å². The molecule has 3 rings (SSSR count). The Morgan fingerprint density at radius 3 is 2.62 bits per heavy atom. The largest absolute Gasteiger partial charge is 0.296 e. The van der Waals surface area contributed by atoms with Crippen LogP contribution < -0.4 is 0 Å². The second-order valence-corrected chi connectivity index (χ2v) is 5.79. The highest BCUT2D eigenvalue weighted by molar-refractivity contribution is 5.74. The number of nitrogens with zero attached hydrogens (tertiary/aromatic N) is 3. The van der Waals surface area contributed by atoms with Gasteiger partial charge in [0.2, 0.25) is 0 Å². The van der Waals surface area contributed by atoms with Crippen LogP contribution in [-0.4, -0.2) is 21.3 Å². The minimum Gasteiger partial charge on any atom is -0.296 e. The van der Waals surface area contributed by atoms with E-state index in [4.69, 9.17) is 0 Å². The number of carbonyl (C=O) groups is 1. The van der Waals surface area contributed by atoms with Crippen molar-refractivity contribution in [3.63, 3.8) is 0 Å². The number of aldehydes is 1. The van der Waals surface area contributed by atoms with Gasteiger partial charge in [-0.3, -0.25) is 4.79 Å². The Morgan fingerprint density at radius 1 is 1.29 bits per heavy atom. The molecule has 0 N–H and O–H groups in total. The molecular weight excluding hydrogens is 262 g/mol. The lowest BCUT2D eigenvalue weighted by Crippen LogP contribution is -2.15. The number of aromatic nitrogens is 3. The summed E-state index contributed by atoms with van der Waals surface area (Å²) >= 11 is 0. The van der Waals surface area contributed by atoms with Gasteiger partial charge in [0.15, 0.2) is 6.29 Å². The van der Waals surface area contributed by atoms with Crippen molar-refractivity contribution >= 4 is 6.29 Å². The summed E-state index contributed by atoms with van der Waals surface area (Å²) in [4.78, 5) is 11.2. The number of rotatable bonds is 6. The molecule has 4 heteroatoms. The molecule has 0 atom stereocenters. The minimum atomic E-state index is 0.431. The molecule has 1 aromatic heterocycles. The van der Waals surface area contributed by atoms with Gasteiger partial charge in [0.1, 0.15) is 5.69 Å².